The summed E-state index contributed by atoms with van der Waals surface area (Å²) in [5.74, 6) is 0.395. The van der Waals surface area contributed by atoms with Crippen LogP contribution in [0.5, 0.6) is 0 Å². The van der Waals surface area contributed by atoms with E-state index in [1.54, 1.807) is 0 Å². The Bertz CT molecular complexity index is 432. The molecule has 4 nitrogen and oxygen atoms in total. The van der Waals surface area contributed by atoms with Gasteiger partial charge in [0.1, 0.15) is 0 Å². The van der Waals surface area contributed by atoms with Crippen molar-refractivity contribution >= 4 is 11.6 Å². The zero-order valence-electron chi connectivity index (χ0n) is 12.8. The maximum atomic E-state index is 11.1. The molecule has 0 spiro atoms. The Kier molecular flexibility index (Phi) is 6.68. The number of benzene rings is 1. The van der Waals surface area contributed by atoms with Crippen LogP contribution in [-0.4, -0.2) is 23.7 Å². The van der Waals surface area contributed by atoms with E-state index in [2.05, 4.69) is 31.4 Å². The molecule has 0 bridgehead atoms. The van der Waals surface area contributed by atoms with Crippen molar-refractivity contribution < 1.29 is 9.90 Å². The molecule has 0 aromatic heterocycles. The fourth-order valence-electron chi connectivity index (χ4n) is 2.25. The number of amides is 1. The number of anilines is 1. The van der Waals surface area contributed by atoms with Crippen LogP contribution in [0.2, 0.25) is 0 Å². The van der Waals surface area contributed by atoms with Gasteiger partial charge in [-0.1, -0.05) is 26.0 Å². The minimum atomic E-state index is -0.0666. The van der Waals surface area contributed by atoms with Gasteiger partial charge in [-0.3, -0.25) is 4.79 Å². The number of rotatable bonds is 7. The van der Waals surface area contributed by atoms with E-state index in [-0.39, 0.29) is 24.6 Å². The molecule has 0 radical (unpaired) electrons. The summed E-state index contributed by atoms with van der Waals surface area (Å²) in [5.41, 5.74) is 1.94. The number of aliphatic hydroxyl groups is 1. The molecule has 2 atom stereocenters. The molecule has 0 aliphatic heterocycles. The number of carbonyl (C=O) groups is 1. The van der Waals surface area contributed by atoms with Crippen LogP contribution in [0, 0.1) is 5.92 Å². The highest BCUT2D eigenvalue weighted by molar-refractivity contribution is 5.88. The first-order valence-electron chi connectivity index (χ1n) is 7.18. The number of carbonyl (C=O) groups excluding carboxylic acids is 1. The summed E-state index contributed by atoms with van der Waals surface area (Å²) in [6, 6.07) is 8.29. The Hall–Kier alpha value is -1.39. The van der Waals surface area contributed by atoms with Gasteiger partial charge in [0.05, 0.1) is 0 Å². The zero-order chi connectivity index (χ0) is 15.1. The van der Waals surface area contributed by atoms with E-state index in [4.69, 9.17) is 5.11 Å². The van der Waals surface area contributed by atoms with Gasteiger partial charge in [-0.05, 0) is 37.0 Å². The third-order valence-electron chi connectivity index (χ3n) is 3.42. The van der Waals surface area contributed by atoms with E-state index in [0.717, 1.165) is 17.7 Å². The number of aliphatic hydroxyl groups excluding tert-OH is 1. The molecule has 2 unspecified atom stereocenters. The third kappa shape index (κ3) is 5.31. The Labute approximate surface area is 121 Å². The monoisotopic (exact) mass is 278 g/mol. The van der Waals surface area contributed by atoms with E-state index in [0.29, 0.717) is 5.92 Å². The molecular formula is C16H26N2O2. The molecule has 0 fully saturated rings. The average molecular weight is 278 g/mol. The van der Waals surface area contributed by atoms with Gasteiger partial charge in [-0.25, -0.2) is 0 Å². The second kappa shape index (κ2) is 8.02. The van der Waals surface area contributed by atoms with E-state index in [1.165, 1.54) is 6.92 Å². The van der Waals surface area contributed by atoms with E-state index in [1.807, 2.05) is 24.3 Å². The third-order valence-corrected chi connectivity index (χ3v) is 3.42. The smallest absolute Gasteiger partial charge is 0.221 e. The van der Waals surface area contributed by atoms with Crippen molar-refractivity contribution in [2.75, 3.05) is 11.9 Å². The quantitative estimate of drug-likeness (QED) is 0.718. The predicted molar refractivity (Wildman–Crippen MR) is 82.6 cm³/mol. The van der Waals surface area contributed by atoms with Crippen LogP contribution >= 0.6 is 0 Å². The second-order valence-electron chi connectivity index (χ2n) is 5.56. The molecule has 3 N–H and O–H groups in total. The summed E-state index contributed by atoms with van der Waals surface area (Å²) in [7, 11) is 0. The highest BCUT2D eigenvalue weighted by Gasteiger charge is 2.16. The van der Waals surface area contributed by atoms with Crippen LogP contribution in [-0.2, 0) is 4.79 Å². The van der Waals surface area contributed by atoms with Crippen molar-refractivity contribution in [1.82, 2.24) is 5.32 Å². The van der Waals surface area contributed by atoms with Crippen molar-refractivity contribution in [2.24, 2.45) is 5.92 Å². The summed E-state index contributed by atoms with van der Waals surface area (Å²) in [4.78, 5) is 11.1. The molecule has 4 heteroatoms. The minimum Gasteiger partial charge on any atom is -0.396 e. The lowest BCUT2D eigenvalue weighted by atomic mass is 9.98. The predicted octanol–water partition coefficient (Wildman–Crippen LogP) is 2.70. The van der Waals surface area contributed by atoms with Crippen LogP contribution < -0.4 is 10.6 Å². The zero-order valence-corrected chi connectivity index (χ0v) is 12.8. The Morgan fingerprint density at radius 2 is 2.00 bits per heavy atom. The summed E-state index contributed by atoms with van der Waals surface area (Å²) >= 11 is 0. The first-order valence-corrected chi connectivity index (χ1v) is 7.18. The Balaban J connectivity index is 2.75. The molecule has 1 amide bonds. The van der Waals surface area contributed by atoms with Crippen LogP contribution in [0.3, 0.4) is 0 Å². The van der Waals surface area contributed by atoms with Crippen LogP contribution in [0.25, 0.3) is 0 Å². The first kappa shape index (κ1) is 16.7. The summed E-state index contributed by atoms with van der Waals surface area (Å²) in [6.45, 7) is 8.08. The molecule has 1 rings (SSSR count). The second-order valence-corrected chi connectivity index (χ2v) is 5.56. The number of hydrogen-bond acceptors (Lipinski definition) is 3. The van der Waals surface area contributed by atoms with Gasteiger partial charge in [0, 0.05) is 31.3 Å². The molecule has 1 aromatic rings. The summed E-state index contributed by atoms with van der Waals surface area (Å²) < 4.78 is 0. The summed E-state index contributed by atoms with van der Waals surface area (Å²) in [5, 5.41) is 15.5. The molecule has 0 heterocycles. The topological polar surface area (TPSA) is 61.4 Å². The molecule has 0 saturated carbocycles. The molecule has 112 valence electrons. The Morgan fingerprint density at radius 3 is 2.55 bits per heavy atom. The van der Waals surface area contributed by atoms with Crippen molar-refractivity contribution in [1.29, 1.82) is 0 Å². The standard InChI is InChI=1S/C16H26N2O2/c1-11(2)16(8-9-19)17-12(3)14-6-5-7-15(10-14)18-13(4)20/h5-7,10-12,16-17,19H,8-9H2,1-4H3,(H,18,20). The van der Waals surface area contributed by atoms with Gasteiger partial charge >= 0.3 is 0 Å². The van der Waals surface area contributed by atoms with Crippen LogP contribution in [0.15, 0.2) is 24.3 Å². The van der Waals surface area contributed by atoms with Crippen LogP contribution in [0.4, 0.5) is 5.69 Å². The van der Waals surface area contributed by atoms with Gasteiger partial charge in [0.2, 0.25) is 5.91 Å². The fraction of sp³-hybridized carbons (Fsp3) is 0.562. The van der Waals surface area contributed by atoms with Gasteiger partial charge in [0.25, 0.3) is 0 Å². The fourth-order valence-corrected chi connectivity index (χ4v) is 2.25. The van der Waals surface area contributed by atoms with Crippen molar-refractivity contribution in [3.63, 3.8) is 0 Å². The van der Waals surface area contributed by atoms with Gasteiger partial charge in [0.15, 0.2) is 0 Å². The van der Waals surface area contributed by atoms with E-state index >= 15 is 0 Å². The molecule has 0 saturated heterocycles. The average Bonchev–Trinajstić information content (AvgIpc) is 2.37. The number of nitrogens with one attached hydrogen (secondary N) is 2. The molecule has 1 aromatic carbocycles. The maximum absolute atomic E-state index is 11.1. The SMILES string of the molecule is CC(=O)Nc1cccc(C(C)NC(CCO)C(C)C)c1. The van der Waals surface area contributed by atoms with Gasteiger partial charge in [-0.15, -0.1) is 0 Å². The lowest BCUT2D eigenvalue weighted by Crippen LogP contribution is -2.36. The van der Waals surface area contributed by atoms with E-state index in [9.17, 15) is 4.79 Å². The molecular weight excluding hydrogens is 252 g/mol. The lowest BCUT2D eigenvalue weighted by Gasteiger charge is -2.26. The highest BCUT2D eigenvalue weighted by atomic mass is 16.3. The Morgan fingerprint density at radius 1 is 1.30 bits per heavy atom. The van der Waals surface area contributed by atoms with Gasteiger partial charge in [-0.2, -0.15) is 0 Å². The van der Waals surface area contributed by atoms with Crippen molar-refractivity contribution in [3.05, 3.63) is 29.8 Å². The normalized spacial score (nSPS) is 14.1. The van der Waals surface area contributed by atoms with Gasteiger partial charge < -0.3 is 15.7 Å². The van der Waals surface area contributed by atoms with Crippen molar-refractivity contribution in [3.8, 4) is 0 Å². The maximum Gasteiger partial charge on any atom is 0.221 e. The van der Waals surface area contributed by atoms with Crippen LogP contribution in [0.1, 0.15) is 45.7 Å². The summed E-state index contributed by atoms with van der Waals surface area (Å²) in [6.07, 6.45) is 0.743. The highest BCUT2D eigenvalue weighted by Crippen LogP contribution is 2.19. The first-order chi connectivity index (χ1) is 9.43. The molecule has 0 aliphatic carbocycles. The largest absolute Gasteiger partial charge is 0.396 e. The lowest BCUT2D eigenvalue weighted by molar-refractivity contribution is -0.114. The minimum absolute atomic E-state index is 0.0666. The molecule has 20 heavy (non-hydrogen) atoms. The molecule has 0 aliphatic rings. The van der Waals surface area contributed by atoms with Crippen molar-refractivity contribution in [2.45, 2.75) is 46.2 Å². The number of hydrogen-bond donors (Lipinski definition) is 3. The van der Waals surface area contributed by atoms with E-state index < -0.39 is 0 Å².